The number of nitrogens with one attached hydrogen (secondary N) is 1. The highest BCUT2D eigenvalue weighted by molar-refractivity contribution is 5.95. The predicted molar refractivity (Wildman–Crippen MR) is 79.4 cm³/mol. The molecule has 110 valence electrons. The summed E-state index contributed by atoms with van der Waals surface area (Å²) < 4.78 is 5.16. The molecule has 5 nitrogen and oxygen atoms in total. The fourth-order valence-electron chi connectivity index (χ4n) is 2.28. The number of carbonyl (C=O) groups is 1. The van der Waals surface area contributed by atoms with Gasteiger partial charge in [-0.2, -0.15) is 0 Å². The molecule has 0 unspecified atom stereocenters. The average molecular weight is 286 g/mol. The van der Waals surface area contributed by atoms with Crippen molar-refractivity contribution >= 4 is 16.8 Å². The third kappa shape index (κ3) is 2.83. The minimum absolute atomic E-state index is 0.0973. The van der Waals surface area contributed by atoms with E-state index in [2.05, 4.69) is 10.3 Å². The van der Waals surface area contributed by atoms with Crippen LogP contribution in [-0.2, 0) is 0 Å². The first-order valence-electron chi connectivity index (χ1n) is 7.00. The van der Waals surface area contributed by atoms with Gasteiger partial charge in [0, 0.05) is 17.3 Å². The zero-order valence-corrected chi connectivity index (χ0v) is 11.9. The van der Waals surface area contributed by atoms with E-state index < -0.39 is 0 Å². The van der Waals surface area contributed by atoms with Crippen LogP contribution in [0.15, 0.2) is 30.3 Å². The van der Waals surface area contributed by atoms with E-state index in [1.165, 1.54) is 0 Å². The lowest BCUT2D eigenvalue weighted by molar-refractivity contribution is 0.0930. The van der Waals surface area contributed by atoms with Gasteiger partial charge in [0.25, 0.3) is 5.91 Å². The second-order valence-corrected chi connectivity index (χ2v) is 5.60. The number of hydrogen-bond donors (Lipinski definition) is 2. The van der Waals surface area contributed by atoms with Gasteiger partial charge in [-0.25, -0.2) is 4.98 Å². The highest BCUT2D eigenvalue weighted by atomic mass is 16.5. The Balaban J connectivity index is 1.75. The monoisotopic (exact) mass is 286 g/mol. The molecular formula is C16H18N2O3. The first-order chi connectivity index (χ1) is 10.2. The van der Waals surface area contributed by atoms with Gasteiger partial charge in [0.15, 0.2) is 0 Å². The molecule has 1 aromatic carbocycles. The summed E-state index contributed by atoms with van der Waals surface area (Å²) in [5, 5.41) is 13.0. The van der Waals surface area contributed by atoms with Gasteiger partial charge in [0.2, 0.25) is 0 Å². The van der Waals surface area contributed by atoms with Crippen molar-refractivity contribution in [2.45, 2.75) is 12.8 Å². The van der Waals surface area contributed by atoms with Crippen LogP contribution in [0.25, 0.3) is 10.9 Å². The molecule has 5 heteroatoms. The van der Waals surface area contributed by atoms with Gasteiger partial charge < -0.3 is 15.2 Å². The highest BCUT2D eigenvalue weighted by Crippen LogP contribution is 2.44. The van der Waals surface area contributed by atoms with Gasteiger partial charge in [-0.3, -0.25) is 4.79 Å². The second-order valence-electron chi connectivity index (χ2n) is 5.60. The minimum Gasteiger partial charge on any atom is -0.497 e. The van der Waals surface area contributed by atoms with Crippen LogP contribution in [0.4, 0.5) is 0 Å². The van der Waals surface area contributed by atoms with Crippen molar-refractivity contribution in [2.75, 3.05) is 20.3 Å². The van der Waals surface area contributed by atoms with Gasteiger partial charge in [0.1, 0.15) is 11.4 Å². The molecule has 1 aliphatic carbocycles. The maximum atomic E-state index is 12.1. The molecule has 2 aromatic rings. The van der Waals surface area contributed by atoms with Crippen molar-refractivity contribution in [3.63, 3.8) is 0 Å². The topological polar surface area (TPSA) is 71.5 Å². The molecular weight excluding hydrogens is 268 g/mol. The zero-order valence-electron chi connectivity index (χ0n) is 11.9. The molecule has 2 N–H and O–H groups in total. The molecule has 0 atom stereocenters. The van der Waals surface area contributed by atoms with Crippen molar-refractivity contribution in [3.8, 4) is 5.75 Å². The second kappa shape index (κ2) is 5.33. The number of amides is 1. The third-order valence-electron chi connectivity index (χ3n) is 4.05. The minimum atomic E-state index is -0.201. The maximum absolute atomic E-state index is 12.1. The van der Waals surface area contributed by atoms with Crippen LogP contribution in [0, 0.1) is 5.41 Å². The van der Waals surface area contributed by atoms with Crippen molar-refractivity contribution in [1.29, 1.82) is 0 Å². The van der Waals surface area contributed by atoms with Crippen LogP contribution in [0.1, 0.15) is 23.3 Å². The van der Waals surface area contributed by atoms with Gasteiger partial charge in [0.05, 0.1) is 19.2 Å². The fraction of sp³-hybridized carbons (Fsp3) is 0.375. The number of methoxy groups -OCH3 is 1. The predicted octanol–water partition coefficient (Wildman–Crippen LogP) is 1.75. The Kier molecular flexibility index (Phi) is 3.51. The molecule has 0 aliphatic heterocycles. The Morgan fingerprint density at radius 3 is 2.86 bits per heavy atom. The summed E-state index contributed by atoms with van der Waals surface area (Å²) >= 11 is 0. The molecule has 0 spiro atoms. The first kappa shape index (κ1) is 13.8. The summed E-state index contributed by atoms with van der Waals surface area (Å²) in [6.45, 7) is 0.628. The molecule has 0 saturated heterocycles. The number of benzene rings is 1. The molecule has 1 aliphatic rings. The smallest absolute Gasteiger partial charge is 0.269 e. The zero-order chi connectivity index (χ0) is 14.9. The Morgan fingerprint density at radius 1 is 1.38 bits per heavy atom. The first-order valence-corrected chi connectivity index (χ1v) is 7.00. The largest absolute Gasteiger partial charge is 0.497 e. The summed E-state index contributed by atoms with van der Waals surface area (Å²) in [7, 11) is 1.62. The van der Waals surface area contributed by atoms with Crippen molar-refractivity contribution in [2.24, 2.45) is 5.41 Å². The standard InChI is InChI=1S/C16H18N2O3/c1-21-12-3-5-13-11(8-12)2-4-14(18-13)15(20)17-9-16(10-19)6-7-16/h2-5,8,19H,6-7,9-10H2,1H3,(H,17,20). The summed E-state index contributed by atoms with van der Waals surface area (Å²) in [4.78, 5) is 16.5. The molecule has 1 aromatic heterocycles. The summed E-state index contributed by atoms with van der Waals surface area (Å²) in [6, 6.07) is 9.10. The van der Waals surface area contributed by atoms with Crippen LogP contribution >= 0.6 is 0 Å². The van der Waals surface area contributed by atoms with Gasteiger partial charge in [-0.05, 0) is 37.1 Å². The van der Waals surface area contributed by atoms with E-state index in [1.54, 1.807) is 13.2 Å². The molecule has 1 amide bonds. The van der Waals surface area contributed by atoms with E-state index in [9.17, 15) is 9.90 Å². The van der Waals surface area contributed by atoms with Gasteiger partial charge in [-0.15, -0.1) is 0 Å². The SMILES string of the molecule is COc1ccc2nc(C(=O)NCC3(CO)CC3)ccc2c1. The lowest BCUT2D eigenvalue weighted by Crippen LogP contribution is -2.32. The number of aliphatic hydroxyl groups excluding tert-OH is 1. The van der Waals surface area contributed by atoms with Gasteiger partial charge >= 0.3 is 0 Å². The number of nitrogens with zero attached hydrogens (tertiary/aromatic N) is 1. The number of fused-ring (bicyclic) bond motifs is 1. The number of rotatable bonds is 5. The maximum Gasteiger partial charge on any atom is 0.269 e. The van der Waals surface area contributed by atoms with Crippen LogP contribution in [0.5, 0.6) is 5.75 Å². The van der Waals surface area contributed by atoms with Crippen molar-refractivity contribution in [3.05, 3.63) is 36.0 Å². The highest BCUT2D eigenvalue weighted by Gasteiger charge is 2.42. The molecule has 0 radical (unpaired) electrons. The molecule has 0 bridgehead atoms. The molecule has 1 saturated carbocycles. The van der Waals surface area contributed by atoms with E-state index in [4.69, 9.17) is 4.74 Å². The van der Waals surface area contributed by atoms with Crippen molar-refractivity contribution < 1.29 is 14.6 Å². The number of aromatic nitrogens is 1. The molecule has 3 rings (SSSR count). The lowest BCUT2D eigenvalue weighted by atomic mass is 10.1. The van der Waals surface area contributed by atoms with E-state index in [-0.39, 0.29) is 17.9 Å². The quantitative estimate of drug-likeness (QED) is 0.878. The summed E-state index contributed by atoms with van der Waals surface area (Å²) in [5.41, 5.74) is 1.05. The number of ether oxygens (including phenoxy) is 1. The number of hydrogen-bond acceptors (Lipinski definition) is 4. The van der Waals surface area contributed by atoms with Crippen LogP contribution in [0.2, 0.25) is 0 Å². The molecule has 21 heavy (non-hydrogen) atoms. The summed E-state index contributed by atoms with van der Waals surface area (Å²) in [5.74, 6) is 0.563. The number of aliphatic hydroxyl groups is 1. The Hall–Kier alpha value is -2.14. The van der Waals surface area contributed by atoms with Crippen LogP contribution in [0.3, 0.4) is 0 Å². The number of pyridine rings is 1. The van der Waals surface area contributed by atoms with E-state index in [0.717, 1.165) is 29.5 Å². The van der Waals surface area contributed by atoms with E-state index >= 15 is 0 Å². The fourth-order valence-corrected chi connectivity index (χ4v) is 2.28. The van der Waals surface area contributed by atoms with Crippen LogP contribution < -0.4 is 10.1 Å². The van der Waals surface area contributed by atoms with E-state index in [0.29, 0.717) is 12.2 Å². The third-order valence-corrected chi connectivity index (χ3v) is 4.05. The molecule has 1 fully saturated rings. The Labute approximate surface area is 123 Å². The van der Waals surface area contributed by atoms with Crippen molar-refractivity contribution in [1.82, 2.24) is 10.3 Å². The van der Waals surface area contributed by atoms with E-state index in [1.807, 2.05) is 24.3 Å². The lowest BCUT2D eigenvalue weighted by Gasteiger charge is -2.12. The number of carbonyl (C=O) groups excluding carboxylic acids is 1. The van der Waals surface area contributed by atoms with Gasteiger partial charge in [-0.1, -0.05) is 6.07 Å². The average Bonchev–Trinajstić information content (AvgIpc) is 3.32. The normalized spacial score (nSPS) is 15.7. The summed E-state index contributed by atoms with van der Waals surface area (Å²) in [6.07, 6.45) is 1.93. The Bertz CT molecular complexity index is 680. The Morgan fingerprint density at radius 2 is 2.19 bits per heavy atom. The van der Waals surface area contributed by atoms with Crippen LogP contribution in [-0.4, -0.2) is 36.3 Å². The molecule has 1 heterocycles.